The van der Waals surface area contributed by atoms with Gasteiger partial charge in [0.25, 0.3) is 0 Å². The van der Waals surface area contributed by atoms with Crippen LogP contribution in [0.1, 0.15) is 102 Å². The van der Waals surface area contributed by atoms with Crippen molar-refractivity contribution in [3.8, 4) is 5.75 Å². The summed E-state index contributed by atoms with van der Waals surface area (Å²) in [6.45, 7) is 3.71. The molecule has 7 nitrogen and oxygen atoms in total. The van der Waals surface area contributed by atoms with E-state index in [9.17, 15) is 9.46 Å². The van der Waals surface area contributed by atoms with E-state index in [0.717, 1.165) is 23.8 Å². The van der Waals surface area contributed by atoms with E-state index in [2.05, 4.69) is 35.9 Å². The van der Waals surface area contributed by atoms with E-state index in [0.29, 0.717) is 19.8 Å². The smallest absolute Gasteiger partial charge is 0.404 e. The van der Waals surface area contributed by atoms with Gasteiger partial charge in [0.15, 0.2) is 18.9 Å². The van der Waals surface area contributed by atoms with Crippen molar-refractivity contribution in [1.82, 2.24) is 0 Å². The summed E-state index contributed by atoms with van der Waals surface area (Å²) in [5.41, 5.74) is 0.939. The van der Waals surface area contributed by atoms with E-state index in [1.807, 2.05) is 24.4 Å². The standard InChI is InChI=1S/C36H54NO6P/c1-3-4-5-6-7-8-9-10-11-12-13-14-15-18-26-41-30-36(40-2)31-42-44(38,39)43-35-23-19-20-32(27-35)28-37-25-24-33-21-16-17-22-34(33)29-37/h16-17,19-25,27,29,36H,3-15,18,26,28,30-31H2,1-2H3/p+1. The van der Waals surface area contributed by atoms with E-state index in [1.165, 1.54) is 82.4 Å². The SMILES string of the molecule is CCCCCCCCCCCCCCCCOCC(COP(=O)(O)Oc1cccc(C[n+]2ccc3ccccc3c2)c1)OC. The highest BCUT2D eigenvalue weighted by molar-refractivity contribution is 7.47. The van der Waals surface area contributed by atoms with Crippen LogP contribution in [0.2, 0.25) is 0 Å². The Bertz CT molecular complexity index is 1240. The second kappa shape index (κ2) is 21.5. The van der Waals surface area contributed by atoms with Crippen LogP contribution in [-0.4, -0.2) is 37.9 Å². The topological polar surface area (TPSA) is 78.1 Å². The quantitative estimate of drug-likeness (QED) is 0.0573. The maximum Gasteiger partial charge on any atom is 0.527 e. The van der Waals surface area contributed by atoms with Gasteiger partial charge in [-0.05, 0) is 30.0 Å². The van der Waals surface area contributed by atoms with Crippen molar-refractivity contribution in [2.24, 2.45) is 0 Å². The van der Waals surface area contributed by atoms with E-state index >= 15 is 0 Å². The average Bonchev–Trinajstić information content (AvgIpc) is 3.02. The molecule has 3 rings (SSSR count). The van der Waals surface area contributed by atoms with Crippen LogP contribution in [0.3, 0.4) is 0 Å². The van der Waals surface area contributed by atoms with Crippen molar-refractivity contribution in [3.63, 3.8) is 0 Å². The van der Waals surface area contributed by atoms with Crippen LogP contribution in [0.15, 0.2) is 67.0 Å². The summed E-state index contributed by atoms with van der Waals surface area (Å²) in [4.78, 5) is 10.3. The predicted molar refractivity (Wildman–Crippen MR) is 178 cm³/mol. The van der Waals surface area contributed by atoms with E-state index in [1.54, 1.807) is 25.3 Å². The van der Waals surface area contributed by atoms with Crippen LogP contribution >= 0.6 is 7.82 Å². The van der Waals surface area contributed by atoms with Crippen LogP contribution in [0, 0.1) is 0 Å². The van der Waals surface area contributed by atoms with Crippen LogP contribution in [0.4, 0.5) is 0 Å². The Labute approximate surface area is 265 Å². The molecule has 1 N–H and O–H groups in total. The summed E-state index contributed by atoms with van der Waals surface area (Å²) >= 11 is 0. The van der Waals surface area contributed by atoms with Gasteiger partial charge in [0.1, 0.15) is 11.9 Å². The maximum atomic E-state index is 12.7. The van der Waals surface area contributed by atoms with Gasteiger partial charge in [-0.3, -0.25) is 9.42 Å². The lowest BCUT2D eigenvalue weighted by molar-refractivity contribution is -0.687. The molecule has 244 valence electrons. The van der Waals surface area contributed by atoms with Crippen molar-refractivity contribution in [3.05, 3.63) is 72.6 Å². The minimum Gasteiger partial charge on any atom is -0.404 e. The highest BCUT2D eigenvalue weighted by Gasteiger charge is 2.25. The molecule has 0 bridgehead atoms. The summed E-state index contributed by atoms with van der Waals surface area (Å²) in [6.07, 6.45) is 22.1. The molecule has 0 aliphatic heterocycles. The number of nitrogens with zero attached hydrogens (tertiary/aromatic N) is 1. The number of unbranched alkanes of at least 4 members (excludes halogenated alkanes) is 13. The Morgan fingerprint density at radius 2 is 1.41 bits per heavy atom. The Morgan fingerprint density at radius 3 is 2.07 bits per heavy atom. The third-order valence-electron chi connectivity index (χ3n) is 7.93. The van der Waals surface area contributed by atoms with Gasteiger partial charge in [0, 0.05) is 30.7 Å². The second-order valence-electron chi connectivity index (χ2n) is 11.8. The summed E-state index contributed by atoms with van der Waals surface area (Å²) < 4.78 is 36.5. The van der Waals surface area contributed by atoms with E-state index in [-0.39, 0.29) is 12.4 Å². The monoisotopic (exact) mass is 628 g/mol. The molecular weight excluding hydrogens is 573 g/mol. The Hall–Kier alpha value is -2.28. The molecule has 0 radical (unpaired) electrons. The molecule has 2 unspecified atom stereocenters. The van der Waals surface area contributed by atoms with Gasteiger partial charge < -0.3 is 14.0 Å². The molecule has 44 heavy (non-hydrogen) atoms. The van der Waals surface area contributed by atoms with Crippen LogP contribution in [0.25, 0.3) is 10.8 Å². The summed E-state index contributed by atoms with van der Waals surface area (Å²) in [7, 11) is -2.79. The Balaban J connectivity index is 1.24. The number of hydrogen-bond donors (Lipinski definition) is 1. The van der Waals surface area contributed by atoms with Gasteiger partial charge in [0.2, 0.25) is 0 Å². The molecule has 2 aromatic carbocycles. The predicted octanol–water partition coefficient (Wildman–Crippen LogP) is 9.18. The highest BCUT2D eigenvalue weighted by Crippen LogP contribution is 2.44. The normalized spacial score (nSPS) is 13.6. The molecule has 0 aliphatic rings. The molecule has 2 atom stereocenters. The molecule has 0 fully saturated rings. The van der Waals surface area contributed by atoms with Crippen molar-refractivity contribution >= 4 is 18.6 Å². The number of hydrogen-bond acceptors (Lipinski definition) is 5. The van der Waals surface area contributed by atoms with Gasteiger partial charge >= 0.3 is 7.82 Å². The van der Waals surface area contributed by atoms with Crippen molar-refractivity contribution in [2.75, 3.05) is 26.9 Å². The Kier molecular flexibility index (Phi) is 17.6. The first-order valence-corrected chi connectivity index (χ1v) is 18.2. The van der Waals surface area contributed by atoms with E-state index < -0.39 is 13.9 Å². The molecule has 1 heterocycles. The number of phosphoric ester groups is 1. The van der Waals surface area contributed by atoms with Crippen molar-refractivity contribution < 1.29 is 32.5 Å². The summed E-state index contributed by atoms with van der Waals surface area (Å²) in [5, 5.41) is 2.32. The largest absolute Gasteiger partial charge is 0.527 e. The van der Waals surface area contributed by atoms with Gasteiger partial charge in [-0.25, -0.2) is 9.13 Å². The molecule has 8 heteroatoms. The zero-order chi connectivity index (χ0) is 31.3. The van der Waals surface area contributed by atoms with Gasteiger partial charge in [-0.1, -0.05) is 121 Å². The average molecular weight is 629 g/mol. The van der Waals surface area contributed by atoms with Crippen LogP contribution in [-0.2, 0) is 25.1 Å². The number of aromatic nitrogens is 1. The fourth-order valence-electron chi connectivity index (χ4n) is 5.32. The minimum atomic E-state index is -4.33. The molecule has 0 spiro atoms. The minimum absolute atomic E-state index is 0.102. The number of fused-ring (bicyclic) bond motifs is 1. The fraction of sp³-hybridized carbons (Fsp3) is 0.583. The first-order valence-electron chi connectivity index (χ1n) is 16.7. The lowest BCUT2D eigenvalue weighted by Gasteiger charge is -2.18. The van der Waals surface area contributed by atoms with Crippen molar-refractivity contribution in [2.45, 2.75) is 109 Å². The highest BCUT2D eigenvalue weighted by atomic mass is 31.2. The zero-order valence-electron chi connectivity index (χ0n) is 27.0. The molecule has 3 aromatic rings. The fourth-order valence-corrected chi connectivity index (χ4v) is 6.11. The van der Waals surface area contributed by atoms with Crippen molar-refractivity contribution in [1.29, 1.82) is 0 Å². The maximum absolute atomic E-state index is 12.7. The lowest BCUT2D eigenvalue weighted by atomic mass is 10.0. The Morgan fingerprint density at radius 1 is 0.773 bits per heavy atom. The van der Waals surface area contributed by atoms with Gasteiger partial charge in [0.05, 0.1) is 13.2 Å². The number of rotatable bonds is 25. The second-order valence-corrected chi connectivity index (χ2v) is 13.2. The number of pyridine rings is 1. The molecule has 1 aromatic heterocycles. The molecule has 0 aliphatic carbocycles. The van der Waals surface area contributed by atoms with E-state index in [4.69, 9.17) is 18.5 Å². The number of phosphoric acid groups is 1. The third-order valence-corrected chi connectivity index (χ3v) is 8.85. The van der Waals surface area contributed by atoms with Gasteiger partial charge in [-0.15, -0.1) is 0 Å². The molecular formula is C36H55NO6P+. The van der Waals surface area contributed by atoms with Gasteiger partial charge in [-0.2, -0.15) is 0 Å². The molecule has 0 saturated heterocycles. The summed E-state index contributed by atoms with van der Waals surface area (Å²) in [5.74, 6) is 0.276. The molecule has 0 saturated carbocycles. The molecule has 0 amide bonds. The lowest BCUT2D eigenvalue weighted by Crippen LogP contribution is -2.33. The first kappa shape index (κ1) is 36.2. The summed E-state index contributed by atoms with van der Waals surface area (Å²) in [6, 6.07) is 17.4. The number of methoxy groups -OCH3 is 1. The third kappa shape index (κ3) is 15.1. The number of ether oxygens (including phenoxy) is 2. The van der Waals surface area contributed by atoms with Crippen LogP contribution in [0.5, 0.6) is 5.75 Å². The number of benzene rings is 2. The zero-order valence-corrected chi connectivity index (χ0v) is 27.9. The van der Waals surface area contributed by atoms with Crippen LogP contribution < -0.4 is 9.09 Å². The first-order chi connectivity index (χ1) is 21.5.